The van der Waals surface area contributed by atoms with Gasteiger partial charge in [-0.3, -0.25) is 9.48 Å². The molecule has 2 N–H and O–H groups in total. The minimum absolute atomic E-state index is 0.00218. The Morgan fingerprint density at radius 1 is 1.11 bits per heavy atom. The third-order valence-electron chi connectivity index (χ3n) is 8.87. The van der Waals surface area contributed by atoms with E-state index in [4.69, 9.17) is 9.15 Å². The first-order chi connectivity index (χ1) is 22.3. The number of aromatic nitrogens is 4. The van der Waals surface area contributed by atoms with Gasteiger partial charge in [-0.05, 0) is 96.0 Å². The number of oxazole rings is 1. The van der Waals surface area contributed by atoms with Gasteiger partial charge in [-0.25, -0.2) is 18.7 Å². The second-order valence-electron chi connectivity index (χ2n) is 12.8. The topological polar surface area (TPSA) is 114 Å². The lowest BCUT2D eigenvalue weighted by molar-refractivity contribution is 0.102. The molecule has 11 nitrogen and oxygen atoms in total. The first-order valence-electron chi connectivity index (χ1n) is 16.5. The molecule has 5 rings (SSSR count). The molecule has 46 heavy (non-hydrogen) atoms. The Morgan fingerprint density at radius 3 is 2.59 bits per heavy atom. The van der Waals surface area contributed by atoms with Crippen molar-refractivity contribution in [1.82, 2.24) is 30.0 Å². The van der Waals surface area contributed by atoms with E-state index in [1.807, 2.05) is 20.2 Å². The molecule has 2 aliphatic rings. The first-order valence-corrected chi connectivity index (χ1v) is 16.5. The number of amides is 1. The summed E-state index contributed by atoms with van der Waals surface area (Å²) in [5, 5.41) is 9.93. The molecule has 2 aliphatic carbocycles. The van der Waals surface area contributed by atoms with Crippen molar-refractivity contribution in [2.75, 3.05) is 70.8 Å². The summed E-state index contributed by atoms with van der Waals surface area (Å²) in [6, 6.07) is 3.64. The summed E-state index contributed by atoms with van der Waals surface area (Å²) >= 11 is 0. The van der Waals surface area contributed by atoms with Crippen molar-refractivity contribution in [1.29, 1.82) is 0 Å². The Kier molecular flexibility index (Phi) is 12.1. The highest BCUT2D eigenvalue weighted by atomic mass is 19.3. The lowest BCUT2D eigenvalue weighted by Gasteiger charge is -2.31. The van der Waals surface area contributed by atoms with Gasteiger partial charge in [0.1, 0.15) is 12.1 Å². The SMILES string of the molecule is CNCCCOCCCN(C)CC1CCC(n2cc(NC(=O)c3coc(-c4ccnc(N(C)CC5CC5)c4)n3)c(C(F)F)n2)CC1. The lowest BCUT2D eigenvalue weighted by Crippen LogP contribution is -2.30. The summed E-state index contributed by atoms with van der Waals surface area (Å²) in [7, 11) is 6.09. The zero-order valence-electron chi connectivity index (χ0n) is 27.3. The molecule has 3 aromatic heterocycles. The van der Waals surface area contributed by atoms with E-state index in [0.717, 1.165) is 83.7 Å². The number of rotatable bonds is 18. The number of carbonyl (C=O) groups is 1. The summed E-state index contributed by atoms with van der Waals surface area (Å²) in [6.07, 6.45) is 9.80. The van der Waals surface area contributed by atoms with Gasteiger partial charge < -0.3 is 29.6 Å². The molecule has 3 heterocycles. The molecule has 3 aromatic rings. The number of hydrogen-bond donors (Lipinski definition) is 2. The van der Waals surface area contributed by atoms with Gasteiger partial charge >= 0.3 is 0 Å². The fraction of sp³-hybridized carbons (Fsp3) is 0.636. The summed E-state index contributed by atoms with van der Waals surface area (Å²) < 4.78 is 40.9. The largest absolute Gasteiger partial charge is 0.444 e. The van der Waals surface area contributed by atoms with E-state index in [0.29, 0.717) is 17.4 Å². The molecule has 0 atom stereocenters. The van der Waals surface area contributed by atoms with Crippen LogP contribution in [-0.2, 0) is 4.74 Å². The summed E-state index contributed by atoms with van der Waals surface area (Å²) in [5.74, 6) is 1.68. The predicted octanol–water partition coefficient (Wildman–Crippen LogP) is 5.65. The van der Waals surface area contributed by atoms with E-state index in [-0.39, 0.29) is 23.3 Å². The van der Waals surface area contributed by atoms with E-state index < -0.39 is 18.0 Å². The molecule has 1 amide bonds. The minimum atomic E-state index is -2.83. The molecule has 0 saturated heterocycles. The molecular formula is C33H48F2N8O3. The number of hydrogen-bond acceptors (Lipinski definition) is 9. The second-order valence-corrected chi connectivity index (χ2v) is 12.8. The van der Waals surface area contributed by atoms with Crippen molar-refractivity contribution in [2.24, 2.45) is 11.8 Å². The quantitative estimate of drug-likeness (QED) is 0.170. The highest BCUT2D eigenvalue weighted by Crippen LogP contribution is 2.35. The second kappa shape index (κ2) is 16.4. The zero-order valence-corrected chi connectivity index (χ0v) is 27.3. The molecule has 2 saturated carbocycles. The van der Waals surface area contributed by atoms with Crippen LogP contribution in [0, 0.1) is 11.8 Å². The van der Waals surface area contributed by atoms with Crippen LogP contribution in [0.3, 0.4) is 0 Å². The van der Waals surface area contributed by atoms with Gasteiger partial charge in [-0.15, -0.1) is 0 Å². The van der Waals surface area contributed by atoms with Gasteiger partial charge in [0.25, 0.3) is 12.3 Å². The van der Waals surface area contributed by atoms with Crippen LogP contribution in [-0.4, -0.2) is 91.1 Å². The number of ether oxygens (including phenoxy) is 1. The van der Waals surface area contributed by atoms with Crippen molar-refractivity contribution in [3.8, 4) is 11.5 Å². The van der Waals surface area contributed by atoms with Crippen molar-refractivity contribution in [2.45, 2.75) is 63.8 Å². The highest BCUT2D eigenvalue weighted by molar-refractivity contribution is 6.03. The fourth-order valence-corrected chi connectivity index (χ4v) is 6.10. The molecule has 13 heteroatoms. The number of halogens is 2. The Hall–Kier alpha value is -3.42. The molecule has 2 fully saturated rings. The molecule has 252 valence electrons. The molecular weight excluding hydrogens is 594 g/mol. The van der Waals surface area contributed by atoms with Gasteiger partial charge in [-0.1, -0.05) is 0 Å². The number of carbonyl (C=O) groups excluding carboxylic acids is 1. The molecule has 0 aliphatic heterocycles. The number of anilines is 2. The maximum atomic E-state index is 14.0. The highest BCUT2D eigenvalue weighted by Gasteiger charge is 2.28. The van der Waals surface area contributed by atoms with Crippen LogP contribution in [0.1, 0.15) is 80.0 Å². The molecule has 0 bridgehead atoms. The van der Waals surface area contributed by atoms with E-state index in [1.54, 1.807) is 16.9 Å². The summed E-state index contributed by atoms with van der Waals surface area (Å²) in [4.78, 5) is 26.3. The average molecular weight is 643 g/mol. The lowest BCUT2D eigenvalue weighted by atomic mass is 9.86. The third kappa shape index (κ3) is 9.55. The van der Waals surface area contributed by atoms with Crippen LogP contribution < -0.4 is 15.5 Å². The van der Waals surface area contributed by atoms with Gasteiger partial charge in [0.05, 0.1) is 11.7 Å². The zero-order chi connectivity index (χ0) is 32.5. The van der Waals surface area contributed by atoms with Crippen molar-refractivity contribution in [3.05, 3.63) is 42.2 Å². The van der Waals surface area contributed by atoms with Crippen LogP contribution in [0.5, 0.6) is 0 Å². The van der Waals surface area contributed by atoms with Gasteiger partial charge in [-0.2, -0.15) is 5.10 Å². The third-order valence-corrected chi connectivity index (χ3v) is 8.87. The maximum Gasteiger partial charge on any atom is 0.284 e. The molecule has 0 spiro atoms. The molecule has 0 aromatic carbocycles. The standard InChI is InChI=1S/C33H48F2N8O3/c1-36-13-4-16-45-17-5-15-41(2)19-23-8-10-26(11-9-23)43-21-27(30(40-43)31(34)35)38-32(44)28-22-46-33(39-28)25-12-14-37-29(18-25)42(3)20-24-6-7-24/h12,14,18,21-24,26,31,36H,4-11,13,15-17,19-20H2,1-3H3,(H,38,44). The predicted molar refractivity (Wildman–Crippen MR) is 173 cm³/mol. The Bertz CT molecular complexity index is 1390. The first kappa shape index (κ1) is 33.9. The van der Waals surface area contributed by atoms with Crippen molar-refractivity contribution in [3.63, 3.8) is 0 Å². The number of nitrogens with zero attached hydrogens (tertiary/aromatic N) is 6. The van der Waals surface area contributed by atoms with Crippen LogP contribution in [0.4, 0.5) is 20.3 Å². The van der Waals surface area contributed by atoms with Crippen LogP contribution >= 0.6 is 0 Å². The molecule has 0 radical (unpaired) electrons. The Balaban J connectivity index is 1.12. The summed E-state index contributed by atoms with van der Waals surface area (Å²) in [5.41, 5.74) is 0.231. The van der Waals surface area contributed by atoms with E-state index in [9.17, 15) is 13.6 Å². The van der Waals surface area contributed by atoms with Crippen LogP contribution in [0.2, 0.25) is 0 Å². The van der Waals surface area contributed by atoms with E-state index in [1.165, 1.54) is 25.3 Å². The smallest absolute Gasteiger partial charge is 0.284 e. The average Bonchev–Trinajstić information content (AvgIpc) is 3.54. The number of pyridine rings is 1. The number of nitrogens with one attached hydrogen (secondary N) is 2. The van der Waals surface area contributed by atoms with Crippen LogP contribution in [0.25, 0.3) is 11.5 Å². The van der Waals surface area contributed by atoms with E-state index >= 15 is 0 Å². The van der Waals surface area contributed by atoms with Gasteiger partial charge in [0, 0.05) is 57.9 Å². The Labute approximate surface area is 270 Å². The monoisotopic (exact) mass is 642 g/mol. The summed E-state index contributed by atoms with van der Waals surface area (Å²) in [6.45, 7) is 5.45. The fourth-order valence-electron chi connectivity index (χ4n) is 6.10. The molecule has 0 unspecified atom stereocenters. The van der Waals surface area contributed by atoms with E-state index in [2.05, 4.69) is 42.5 Å². The Morgan fingerprint density at radius 2 is 1.85 bits per heavy atom. The van der Waals surface area contributed by atoms with Crippen LogP contribution in [0.15, 0.2) is 35.2 Å². The van der Waals surface area contributed by atoms with Crippen molar-refractivity contribution >= 4 is 17.4 Å². The van der Waals surface area contributed by atoms with Crippen molar-refractivity contribution < 1.29 is 22.7 Å². The normalized spacial score (nSPS) is 18.4. The minimum Gasteiger partial charge on any atom is -0.444 e. The van der Waals surface area contributed by atoms with Gasteiger partial charge in [0.15, 0.2) is 11.4 Å². The number of alkyl halides is 2. The maximum absolute atomic E-state index is 14.0. The van der Waals surface area contributed by atoms with Gasteiger partial charge in [0.2, 0.25) is 5.89 Å².